The summed E-state index contributed by atoms with van der Waals surface area (Å²) < 4.78 is 2.30. The van der Waals surface area contributed by atoms with Crippen molar-refractivity contribution in [1.82, 2.24) is 19.4 Å². The van der Waals surface area contributed by atoms with Gasteiger partial charge in [-0.1, -0.05) is 13.8 Å². The molecular weight excluding hydrogens is 332 g/mol. The van der Waals surface area contributed by atoms with Crippen molar-refractivity contribution in [2.45, 2.75) is 32.7 Å². The maximum Gasteiger partial charge on any atom is 0.254 e. The van der Waals surface area contributed by atoms with Gasteiger partial charge in [0, 0.05) is 37.1 Å². The summed E-state index contributed by atoms with van der Waals surface area (Å²) >= 11 is 1.57. The highest BCUT2D eigenvalue weighted by Gasteiger charge is 2.31. The molecule has 0 N–H and O–H groups in total. The Morgan fingerprint density at radius 2 is 2.28 bits per heavy atom. The molecule has 0 radical (unpaired) electrons. The van der Waals surface area contributed by atoms with E-state index in [1.165, 1.54) is 0 Å². The lowest BCUT2D eigenvalue weighted by molar-refractivity contribution is 0.0791. The van der Waals surface area contributed by atoms with Gasteiger partial charge in [-0.2, -0.15) is 11.3 Å². The molecular formula is C19H22N4OS. The Morgan fingerprint density at radius 3 is 3.04 bits per heavy atom. The highest BCUT2D eigenvalue weighted by Crippen LogP contribution is 2.31. The quantitative estimate of drug-likeness (QED) is 0.716. The van der Waals surface area contributed by atoms with Crippen LogP contribution in [0.4, 0.5) is 0 Å². The first-order valence-electron chi connectivity index (χ1n) is 8.75. The number of nitrogens with zero attached hydrogens (tertiary/aromatic N) is 4. The number of thiophene rings is 1. The van der Waals surface area contributed by atoms with Crippen LogP contribution in [-0.2, 0) is 6.54 Å². The first kappa shape index (κ1) is 16.3. The highest BCUT2D eigenvalue weighted by atomic mass is 32.1. The van der Waals surface area contributed by atoms with Gasteiger partial charge in [-0.25, -0.2) is 4.98 Å². The van der Waals surface area contributed by atoms with Crippen LogP contribution in [0.3, 0.4) is 0 Å². The molecule has 1 fully saturated rings. The Bertz CT molecular complexity index is 884. The molecule has 3 aromatic rings. The van der Waals surface area contributed by atoms with Crippen LogP contribution in [0.5, 0.6) is 0 Å². The number of rotatable bonds is 4. The van der Waals surface area contributed by atoms with Crippen LogP contribution < -0.4 is 0 Å². The molecule has 1 aliphatic rings. The van der Waals surface area contributed by atoms with E-state index in [-0.39, 0.29) is 11.8 Å². The number of likely N-dealkylation sites (tertiary alicyclic amines) is 1. The van der Waals surface area contributed by atoms with Gasteiger partial charge in [-0.05, 0) is 29.9 Å². The fraction of sp³-hybridized carbons (Fsp3) is 0.421. The summed E-state index contributed by atoms with van der Waals surface area (Å²) in [6.07, 6.45) is 4.65. The van der Waals surface area contributed by atoms with Crippen LogP contribution >= 0.6 is 11.3 Å². The standard InChI is InChI=1S/C19H22N4OS/c1-13(2)10-23-17-9-20-6-3-16(17)21-18(23)14-4-7-22(11-14)19(24)15-5-8-25-12-15/h3,5-6,8-9,12-14H,4,7,10-11H2,1-2H3. The highest BCUT2D eigenvalue weighted by molar-refractivity contribution is 7.08. The molecule has 6 heteroatoms. The van der Waals surface area contributed by atoms with Crippen molar-refractivity contribution in [2.24, 2.45) is 5.92 Å². The lowest BCUT2D eigenvalue weighted by Gasteiger charge is -2.17. The Morgan fingerprint density at radius 1 is 1.40 bits per heavy atom. The molecule has 0 aromatic carbocycles. The first-order chi connectivity index (χ1) is 12.1. The summed E-state index contributed by atoms with van der Waals surface area (Å²) in [6.45, 7) is 6.89. The second-order valence-electron chi connectivity index (χ2n) is 7.09. The van der Waals surface area contributed by atoms with Crippen molar-refractivity contribution in [2.75, 3.05) is 13.1 Å². The van der Waals surface area contributed by atoms with Gasteiger partial charge in [0.05, 0.1) is 22.8 Å². The first-order valence-corrected chi connectivity index (χ1v) is 9.69. The Kier molecular flexibility index (Phi) is 4.29. The van der Waals surface area contributed by atoms with Crippen LogP contribution in [0, 0.1) is 5.92 Å². The third-order valence-corrected chi connectivity index (χ3v) is 5.42. The van der Waals surface area contributed by atoms with Gasteiger partial charge in [0.15, 0.2) is 0 Å². The smallest absolute Gasteiger partial charge is 0.254 e. The van der Waals surface area contributed by atoms with Crippen molar-refractivity contribution >= 4 is 28.3 Å². The van der Waals surface area contributed by atoms with Gasteiger partial charge in [0.1, 0.15) is 5.82 Å². The van der Waals surface area contributed by atoms with Gasteiger partial charge < -0.3 is 9.47 Å². The summed E-state index contributed by atoms with van der Waals surface area (Å²) in [5.74, 6) is 2.05. The zero-order valence-corrected chi connectivity index (χ0v) is 15.4. The number of hydrogen-bond acceptors (Lipinski definition) is 4. The molecule has 0 aliphatic carbocycles. The molecule has 5 nitrogen and oxygen atoms in total. The number of carbonyl (C=O) groups excluding carboxylic acids is 1. The molecule has 1 aliphatic heterocycles. The average molecular weight is 354 g/mol. The predicted octanol–water partition coefficient (Wildman–Crippen LogP) is 3.78. The maximum absolute atomic E-state index is 12.6. The van der Waals surface area contributed by atoms with Crippen molar-refractivity contribution < 1.29 is 4.79 Å². The lowest BCUT2D eigenvalue weighted by atomic mass is 10.1. The number of imidazole rings is 1. The summed E-state index contributed by atoms with van der Waals surface area (Å²) in [6, 6.07) is 3.87. The summed E-state index contributed by atoms with van der Waals surface area (Å²) in [5, 5.41) is 3.88. The summed E-state index contributed by atoms with van der Waals surface area (Å²) in [4.78, 5) is 23.7. The average Bonchev–Trinajstić information content (AvgIpc) is 3.34. The maximum atomic E-state index is 12.6. The van der Waals surface area contributed by atoms with E-state index in [4.69, 9.17) is 4.98 Å². The molecule has 3 aromatic heterocycles. The minimum Gasteiger partial charge on any atom is -0.338 e. The van der Waals surface area contributed by atoms with E-state index in [0.29, 0.717) is 5.92 Å². The monoisotopic (exact) mass is 354 g/mol. The number of aromatic nitrogens is 3. The third kappa shape index (κ3) is 3.06. The third-order valence-electron chi connectivity index (χ3n) is 4.74. The minimum absolute atomic E-state index is 0.136. The molecule has 0 saturated carbocycles. The number of hydrogen-bond donors (Lipinski definition) is 0. The predicted molar refractivity (Wildman–Crippen MR) is 99.9 cm³/mol. The largest absolute Gasteiger partial charge is 0.338 e. The van der Waals surface area contributed by atoms with Gasteiger partial charge in [0.25, 0.3) is 5.91 Å². The lowest BCUT2D eigenvalue weighted by Crippen LogP contribution is -2.28. The fourth-order valence-electron chi connectivity index (χ4n) is 3.58. The molecule has 130 valence electrons. The second-order valence-corrected chi connectivity index (χ2v) is 7.87. The molecule has 0 spiro atoms. The molecule has 1 atom stereocenters. The number of amides is 1. The van der Waals surface area contributed by atoms with E-state index < -0.39 is 0 Å². The fourth-order valence-corrected chi connectivity index (χ4v) is 4.21. The second kappa shape index (κ2) is 6.59. The Hall–Kier alpha value is -2.21. The molecule has 1 amide bonds. The van der Waals surface area contributed by atoms with E-state index in [9.17, 15) is 4.79 Å². The van der Waals surface area contributed by atoms with Crippen LogP contribution in [0.2, 0.25) is 0 Å². The minimum atomic E-state index is 0.136. The van der Waals surface area contributed by atoms with Gasteiger partial charge >= 0.3 is 0 Å². The van der Waals surface area contributed by atoms with E-state index in [1.807, 2.05) is 34.0 Å². The Labute approximate surface area is 151 Å². The van der Waals surface area contributed by atoms with E-state index in [1.54, 1.807) is 17.5 Å². The van der Waals surface area contributed by atoms with Crippen LogP contribution in [0.15, 0.2) is 35.3 Å². The van der Waals surface area contributed by atoms with Gasteiger partial charge in [0.2, 0.25) is 0 Å². The van der Waals surface area contributed by atoms with Crippen LogP contribution in [-0.4, -0.2) is 38.4 Å². The van der Waals surface area contributed by atoms with E-state index in [2.05, 4.69) is 23.4 Å². The van der Waals surface area contributed by atoms with Gasteiger partial charge in [-0.3, -0.25) is 9.78 Å². The van der Waals surface area contributed by atoms with Crippen LogP contribution in [0.1, 0.15) is 42.4 Å². The normalized spacial score (nSPS) is 17.7. The zero-order valence-electron chi connectivity index (χ0n) is 14.6. The van der Waals surface area contributed by atoms with Crippen molar-refractivity contribution in [3.8, 4) is 0 Å². The number of carbonyl (C=O) groups is 1. The van der Waals surface area contributed by atoms with E-state index >= 15 is 0 Å². The van der Waals surface area contributed by atoms with Gasteiger partial charge in [-0.15, -0.1) is 0 Å². The van der Waals surface area contributed by atoms with Crippen molar-refractivity contribution in [1.29, 1.82) is 0 Å². The molecule has 1 saturated heterocycles. The number of pyridine rings is 1. The van der Waals surface area contributed by atoms with Crippen molar-refractivity contribution in [3.05, 3.63) is 46.7 Å². The topological polar surface area (TPSA) is 51.0 Å². The summed E-state index contributed by atoms with van der Waals surface area (Å²) in [7, 11) is 0. The molecule has 4 heterocycles. The number of fused-ring (bicyclic) bond motifs is 1. The van der Waals surface area contributed by atoms with E-state index in [0.717, 1.165) is 48.5 Å². The molecule has 0 bridgehead atoms. The van der Waals surface area contributed by atoms with Crippen molar-refractivity contribution in [3.63, 3.8) is 0 Å². The molecule has 1 unspecified atom stereocenters. The van der Waals surface area contributed by atoms with Crippen LogP contribution in [0.25, 0.3) is 11.0 Å². The Balaban J connectivity index is 1.63. The zero-order chi connectivity index (χ0) is 17.4. The summed E-state index contributed by atoms with van der Waals surface area (Å²) in [5.41, 5.74) is 2.88. The SMILES string of the molecule is CC(C)Cn1c(C2CCN(C(=O)c3ccsc3)C2)nc2ccncc21. The molecule has 4 rings (SSSR count). The molecule has 25 heavy (non-hydrogen) atoms.